The topological polar surface area (TPSA) is 0 Å². The molecule has 114 valence electrons. The highest BCUT2D eigenvalue weighted by molar-refractivity contribution is 7.58. The van der Waals surface area contributed by atoms with Gasteiger partial charge in [0.1, 0.15) is 0 Å². The van der Waals surface area contributed by atoms with Crippen LogP contribution in [0, 0.1) is 0 Å². The molecule has 1 rings (SSSR count). The molecule has 0 saturated heterocycles. The SMILES string of the molecule is C[N+](C)(C)CCP(CC[N+](C)(C)C)C1CCCCC1. The molecule has 0 bridgehead atoms. The van der Waals surface area contributed by atoms with Crippen molar-refractivity contribution in [3.8, 4) is 0 Å². The van der Waals surface area contributed by atoms with Crippen molar-refractivity contribution >= 4 is 7.92 Å². The zero-order chi connectivity index (χ0) is 14.5. The van der Waals surface area contributed by atoms with E-state index in [-0.39, 0.29) is 7.92 Å². The van der Waals surface area contributed by atoms with Gasteiger partial charge in [-0.1, -0.05) is 27.2 Å². The molecule has 0 heterocycles. The Morgan fingerprint density at radius 2 is 1.16 bits per heavy atom. The summed E-state index contributed by atoms with van der Waals surface area (Å²) in [6, 6.07) is 0. The van der Waals surface area contributed by atoms with Crippen LogP contribution in [0.3, 0.4) is 0 Å². The molecule has 0 aromatic rings. The highest BCUT2D eigenvalue weighted by Gasteiger charge is 2.26. The Hall–Kier alpha value is 0.350. The fourth-order valence-electron chi connectivity index (χ4n) is 2.78. The fourth-order valence-corrected chi connectivity index (χ4v) is 6.54. The van der Waals surface area contributed by atoms with Gasteiger partial charge in [-0.05, 0) is 18.5 Å². The van der Waals surface area contributed by atoms with E-state index in [1.54, 1.807) is 0 Å². The van der Waals surface area contributed by atoms with Gasteiger partial charge in [-0.3, -0.25) is 0 Å². The molecule has 0 spiro atoms. The van der Waals surface area contributed by atoms with Crippen molar-refractivity contribution in [1.82, 2.24) is 0 Å². The van der Waals surface area contributed by atoms with Gasteiger partial charge in [0.2, 0.25) is 0 Å². The molecule has 19 heavy (non-hydrogen) atoms. The first-order chi connectivity index (χ1) is 8.67. The van der Waals surface area contributed by atoms with E-state index in [0.29, 0.717) is 0 Å². The minimum atomic E-state index is 0.261. The van der Waals surface area contributed by atoms with Gasteiger partial charge in [0.05, 0.1) is 55.4 Å². The largest absolute Gasteiger partial charge is 0.331 e. The lowest BCUT2D eigenvalue weighted by atomic mass is 10.0. The first kappa shape index (κ1) is 17.4. The van der Waals surface area contributed by atoms with E-state index in [2.05, 4.69) is 42.3 Å². The Labute approximate surface area is 123 Å². The molecule has 0 radical (unpaired) electrons. The molecular weight excluding hydrogens is 251 g/mol. The molecular formula is C16H37N2P+2. The van der Waals surface area contributed by atoms with Crippen LogP contribution in [0.5, 0.6) is 0 Å². The van der Waals surface area contributed by atoms with Crippen LogP contribution < -0.4 is 0 Å². The van der Waals surface area contributed by atoms with E-state index in [0.717, 1.165) is 14.6 Å². The number of hydrogen-bond acceptors (Lipinski definition) is 0. The monoisotopic (exact) mass is 288 g/mol. The predicted octanol–water partition coefficient (Wildman–Crippen LogP) is 3.21. The Morgan fingerprint density at radius 3 is 1.53 bits per heavy atom. The van der Waals surface area contributed by atoms with Crippen molar-refractivity contribution in [2.75, 3.05) is 67.7 Å². The molecule has 0 N–H and O–H groups in total. The number of hydrogen-bond donors (Lipinski definition) is 0. The van der Waals surface area contributed by atoms with Gasteiger partial charge in [-0.2, -0.15) is 0 Å². The Kier molecular flexibility index (Phi) is 6.76. The standard InChI is InChI=1S/C16H37N2P/c1-17(2,3)12-14-19(15-13-18(4,5)6)16-10-8-7-9-11-16/h16H,7-15H2,1-6H3/q+2. The van der Waals surface area contributed by atoms with Gasteiger partial charge in [0.25, 0.3) is 0 Å². The lowest BCUT2D eigenvalue weighted by molar-refractivity contribution is -0.868. The molecule has 0 atom stereocenters. The zero-order valence-corrected chi connectivity index (χ0v) is 15.2. The van der Waals surface area contributed by atoms with Crippen molar-refractivity contribution in [1.29, 1.82) is 0 Å². The maximum Gasteiger partial charge on any atom is 0.0820 e. The lowest BCUT2D eigenvalue weighted by Gasteiger charge is -2.35. The average Bonchev–Trinajstić information content (AvgIpc) is 2.27. The molecule has 1 aliphatic rings. The summed E-state index contributed by atoms with van der Waals surface area (Å²) in [4.78, 5) is 0. The molecule has 0 aliphatic heterocycles. The summed E-state index contributed by atoms with van der Waals surface area (Å²) >= 11 is 0. The molecule has 0 unspecified atom stereocenters. The minimum Gasteiger partial charge on any atom is -0.331 e. The maximum atomic E-state index is 2.34. The summed E-state index contributed by atoms with van der Waals surface area (Å²) in [5.74, 6) is 0. The van der Waals surface area contributed by atoms with Crippen LogP contribution >= 0.6 is 7.92 Å². The van der Waals surface area contributed by atoms with Crippen LogP contribution in [0.4, 0.5) is 0 Å². The van der Waals surface area contributed by atoms with Crippen molar-refractivity contribution in [3.05, 3.63) is 0 Å². The molecule has 2 nitrogen and oxygen atoms in total. The number of nitrogens with zero attached hydrogens (tertiary/aromatic N) is 2. The van der Waals surface area contributed by atoms with Gasteiger partial charge >= 0.3 is 0 Å². The molecule has 3 heteroatoms. The van der Waals surface area contributed by atoms with Crippen LogP contribution in [-0.4, -0.2) is 82.3 Å². The summed E-state index contributed by atoms with van der Waals surface area (Å²) in [7, 11) is 14.3. The second-order valence-electron chi connectivity index (χ2n) is 8.36. The van der Waals surface area contributed by atoms with Crippen molar-refractivity contribution < 1.29 is 8.97 Å². The third-order valence-electron chi connectivity index (χ3n) is 4.21. The van der Waals surface area contributed by atoms with E-state index in [1.807, 2.05) is 0 Å². The van der Waals surface area contributed by atoms with E-state index >= 15 is 0 Å². The minimum absolute atomic E-state index is 0.261. The van der Waals surface area contributed by atoms with Crippen LogP contribution in [0.1, 0.15) is 32.1 Å². The van der Waals surface area contributed by atoms with Crippen LogP contribution in [-0.2, 0) is 0 Å². The predicted molar refractivity (Wildman–Crippen MR) is 89.3 cm³/mol. The van der Waals surface area contributed by atoms with E-state index in [4.69, 9.17) is 0 Å². The highest BCUT2D eigenvalue weighted by atomic mass is 31.1. The average molecular weight is 288 g/mol. The third kappa shape index (κ3) is 8.27. The van der Waals surface area contributed by atoms with Gasteiger partial charge in [-0.25, -0.2) is 0 Å². The summed E-state index contributed by atoms with van der Waals surface area (Å²) < 4.78 is 2.27. The smallest absolute Gasteiger partial charge is 0.0820 e. The molecule has 1 fully saturated rings. The van der Waals surface area contributed by atoms with E-state index in [1.165, 1.54) is 57.5 Å². The van der Waals surface area contributed by atoms with Crippen molar-refractivity contribution in [2.24, 2.45) is 0 Å². The normalized spacial score (nSPS) is 19.1. The fraction of sp³-hybridized carbons (Fsp3) is 1.00. The van der Waals surface area contributed by atoms with Crippen LogP contribution in [0.25, 0.3) is 0 Å². The molecule has 1 saturated carbocycles. The van der Waals surface area contributed by atoms with Crippen LogP contribution in [0.2, 0.25) is 0 Å². The first-order valence-corrected chi connectivity index (χ1v) is 9.80. The Morgan fingerprint density at radius 1 is 0.737 bits per heavy atom. The first-order valence-electron chi connectivity index (χ1n) is 8.02. The quantitative estimate of drug-likeness (QED) is 0.498. The van der Waals surface area contributed by atoms with Gasteiger partial charge in [0, 0.05) is 12.3 Å². The second kappa shape index (κ2) is 7.38. The summed E-state index contributed by atoms with van der Waals surface area (Å²) in [6.07, 6.45) is 10.5. The summed E-state index contributed by atoms with van der Waals surface area (Å²) in [5.41, 5.74) is 1.09. The summed E-state index contributed by atoms with van der Waals surface area (Å²) in [5, 5.41) is 0. The van der Waals surface area contributed by atoms with Gasteiger partial charge < -0.3 is 8.97 Å². The van der Waals surface area contributed by atoms with Crippen LogP contribution in [0.15, 0.2) is 0 Å². The highest BCUT2D eigenvalue weighted by Crippen LogP contribution is 2.47. The second-order valence-corrected chi connectivity index (χ2v) is 11.2. The molecule has 0 aromatic heterocycles. The lowest BCUT2D eigenvalue weighted by Crippen LogP contribution is -2.39. The Bertz CT molecular complexity index is 228. The third-order valence-corrected chi connectivity index (χ3v) is 7.31. The van der Waals surface area contributed by atoms with E-state index in [9.17, 15) is 0 Å². The maximum absolute atomic E-state index is 2.34. The molecule has 0 amide bonds. The Balaban J connectivity index is 2.51. The van der Waals surface area contributed by atoms with Crippen molar-refractivity contribution in [2.45, 2.75) is 37.8 Å². The number of quaternary nitrogens is 2. The zero-order valence-electron chi connectivity index (χ0n) is 14.3. The van der Waals surface area contributed by atoms with Gasteiger partial charge in [0.15, 0.2) is 0 Å². The van der Waals surface area contributed by atoms with E-state index < -0.39 is 0 Å². The molecule has 1 aliphatic carbocycles. The van der Waals surface area contributed by atoms with Crippen molar-refractivity contribution in [3.63, 3.8) is 0 Å². The summed E-state index contributed by atoms with van der Waals surface area (Å²) in [6.45, 7) is 2.72. The van der Waals surface area contributed by atoms with Gasteiger partial charge in [-0.15, -0.1) is 0 Å². The number of rotatable bonds is 7. The molecule has 0 aromatic carbocycles.